The zero-order valence-corrected chi connectivity index (χ0v) is 10.5. The van der Waals surface area contributed by atoms with Gasteiger partial charge in [-0.2, -0.15) is 0 Å². The second-order valence-electron chi connectivity index (χ2n) is 4.60. The lowest BCUT2D eigenvalue weighted by molar-refractivity contribution is -0.143. The van der Waals surface area contributed by atoms with Gasteiger partial charge in [0, 0.05) is 26.2 Å². The van der Waals surface area contributed by atoms with Gasteiger partial charge in [-0.3, -0.25) is 9.69 Å². The van der Waals surface area contributed by atoms with Gasteiger partial charge in [0.15, 0.2) is 0 Å². The van der Waals surface area contributed by atoms with Crippen LogP contribution < -0.4 is 0 Å². The SMILES string of the molecule is CCCCCN1CCN(C(C)C(=O)O)CC1. The molecule has 1 saturated heterocycles. The molecule has 0 bridgehead atoms. The van der Waals surface area contributed by atoms with Gasteiger partial charge in [0.1, 0.15) is 6.04 Å². The van der Waals surface area contributed by atoms with E-state index >= 15 is 0 Å². The lowest BCUT2D eigenvalue weighted by atomic mass is 10.2. The van der Waals surface area contributed by atoms with E-state index in [9.17, 15) is 4.79 Å². The van der Waals surface area contributed by atoms with Gasteiger partial charge in [0.25, 0.3) is 0 Å². The molecule has 0 saturated carbocycles. The summed E-state index contributed by atoms with van der Waals surface area (Å²) in [4.78, 5) is 15.3. The predicted molar refractivity (Wildman–Crippen MR) is 64.6 cm³/mol. The summed E-state index contributed by atoms with van der Waals surface area (Å²) in [7, 11) is 0. The van der Waals surface area contributed by atoms with Crippen LogP contribution in [0.25, 0.3) is 0 Å². The van der Waals surface area contributed by atoms with Gasteiger partial charge < -0.3 is 10.0 Å². The predicted octanol–water partition coefficient (Wildman–Crippen LogP) is 1.27. The minimum Gasteiger partial charge on any atom is -0.480 e. The van der Waals surface area contributed by atoms with E-state index in [1.807, 2.05) is 0 Å². The number of hydrogen-bond donors (Lipinski definition) is 1. The van der Waals surface area contributed by atoms with Crippen LogP contribution >= 0.6 is 0 Å². The number of carbonyl (C=O) groups is 1. The first kappa shape index (κ1) is 13.5. The second-order valence-corrected chi connectivity index (χ2v) is 4.60. The average molecular weight is 228 g/mol. The Morgan fingerprint density at radius 1 is 1.25 bits per heavy atom. The van der Waals surface area contributed by atoms with E-state index in [1.54, 1.807) is 6.92 Å². The third-order valence-corrected chi connectivity index (χ3v) is 3.39. The van der Waals surface area contributed by atoms with Crippen molar-refractivity contribution in [2.24, 2.45) is 0 Å². The Hall–Kier alpha value is -0.610. The summed E-state index contributed by atoms with van der Waals surface area (Å²) in [5.41, 5.74) is 0. The number of unbranched alkanes of at least 4 members (excludes halogenated alkanes) is 2. The lowest BCUT2D eigenvalue weighted by Crippen LogP contribution is -2.51. The summed E-state index contributed by atoms with van der Waals surface area (Å²) >= 11 is 0. The highest BCUT2D eigenvalue weighted by molar-refractivity contribution is 5.72. The maximum Gasteiger partial charge on any atom is 0.320 e. The van der Waals surface area contributed by atoms with Crippen molar-refractivity contribution in [3.63, 3.8) is 0 Å². The Labute approximate surface area is 98.2 Å². The number of aliphatic carboxylic acids is 1. The Morgan fingerprint density at radius 2 is 1.88 bits per heavy atom. The molecule has 0 spiro atoms. The molecule has 16 heavy (non-hydrogen) atoms. The highest BCUT2D eigenvalue weighted by Gasteiger charge is 2.24. The molecule has 1 atom stereocenters. The van der Waals surface area contributed by atoms with Crippen molar-refractivity contribution in [2.45, 2.75) is 39.2 Å². The molecule has 0 aromatic carbocycles. The number of hydrogen-bond acceptors (Lipinski definition) is 3. The van der Waals surface area contributed by atoms with Crippen molar-refractivity contribution < 1.29 is 9.90 Å². The molecule has 0 radical (unpaired) electrons. The summed E-state index contributed by atoms with van der Waals surface area (Å²) in [6, 6.07) is -0.335. The van der Waals surface area contributed by atoms with Gasteiger partial charge in [-0.1, -0.05) is 19.8 Å². The molecule has 1 aliphatic heterocycles. The van der Waals surface area contributed by atoms with Gasteiger partial charge >= 0.3 is 5.97 Å². The van der Waals surface area contributed by atoms with Gasteiger partial charge in [0.05, 0.1) is 0 Å². The van der Waals surface area contributed by atoms with Crippen LogP contribution in [0.4, 0.5) is 0 Å². The van der Waals surface area contributed by atoms with E-state index in [0.717, 1.165) is 26.2 Å². The maximum atomic E-state index is 10.8. The fourth-order valence-electron chi connectivity index (χ4n) is 2.12. The fraction of sp³-hybridized carbons (Fsp3) is 0.917. The molecule has 94 valence electrons. The Bertz CT molecular complexity index is 213. The molecule has 4 heteroatoms. The van der Waals surface area contributed by atoms with Crippen LogP contribution in [0, 0.1) is 0 Å². The van der Waals surface area contributed by atoms with Crippen LogP contribution in [0.1, 0.15) is 33.1 Å². The molecule has 0 aliphatic carbocycles. The van der Waals surface area contributed by atoms with Crippen molar-refractivity contribution in [1.29, 1.82) is 0 Å². The van der Waals surface area contributed by atoms with E-state index in [-0.39, 0.29) is 6.04 Å². The molecule has 0 amide bonds. The molecule has 1 rings (SSSR count). The molecule has 0 aromatic heterocycles. The van der Waals surface area contributed by atoms with Gasteiger partial charge in [-0.05, 0) is 19.9 Å². The van der Waals surface area contributed by atoms with E-state index in [0.29, 0.717) is 0 Å². The monoisotopic (exact) mass is 228 g/mol. The van der Waals surface area contributed by atoms with E-state index < -0.39 is 5.97 Å². The van der Waals surface area contributed by atoms with Crippen LogP contribution in [-0.4, -0.2) is 59.6 Å². The number of rotatable bonds is 6. The summed E-state index contributed by atoms with van der Waals surface area (Å²) < 4.78 is 0. The lowest BCUT2D eigenvalue weighted by Gasteiger charge is -2.36. The van der Waals surface area contributed by atoms with Crippen molar-refractivity contribution in [3.8, 4) is 0 Å². The first-order valence-electron chi connectivity index (χ1n) is 6.34. The van der Waals surface area contributed by atoms with E-state index in [4.69, 9.17) is 5.11 Å². The first-order valence-corrected chi connectivity index (χ1v) is 6.34. The quantitative estimate of drug-likeness (QED) is 0.695. The zero-order valence-electron chi connectivity index (χ0n) is 10.5. The third-order valence-electron chi connectivity index (χ3n) is 3.39. The number of carboxylic acid groups (broad SMARTS) is 1. The zero-order chi connectivity index (χ0) is 12.0. The molecule has 4 nitrogen and oxygen atoms in total. The smallest absolute Gasteiger partial charge is 0.320 e. The van der Waals surface area contributed by atoms with Crippen LogP contribution in [0.15, 0.2) is 0 Å². The number of carboxylic acids is 1. The van der Waals surface area contributed by atoms with E-state index in [1.165, 1.54) is 25.8 Å². The number of piperazine rings is 1. The van der Waals surface area contributed by atoms with Gasteiger partial charge in [0.2, 0.25) is 0 Å². The molecule has 1 fully saturated rings. The van der Waals surface area contributed by atoms with Crippen LogP contribution in [0.3, 0.4) is 0 Å². The summed E-state index contributed by atoms with van der Waals surface area (Å²) in [5.74, 6) is -0.709. The van der Waals surface area contributed by atoms with Crippen LogP contribution in [0.2, 0.25) is 0 Å². The fourth-order valence-corrected chi connectivity index (χ4v) is 2.12. The number of nitrogens with zero attached hydrogens (tertiary/aromatic N) is 2. The van der Waals surface area contributed by atoms with Crippen molar-refractivity contribution >= 4 is 5.97 Å². The standard InChI is InChI=1S/C12H24N2O2/c1-3-4-5-6-13-7-9-14(10-8-13)11(2)12(15)16/h11H,3-10H2,1-2H3,(H,15,16). The third kappa shape index (κ3) is 4.10. The van der Waals surface area contributed by atoms with Crippen LogP contribution in [0.5, 0.6) is 0 Å². The highest BCUT2D eigenvalue weighted by Crippen LogP contribution is 2.07. The molecule has 1 unspecified atom stereocenters. The normalized spacial score (nSPS) is 20.9. The summed E-state index contributed by atoms with van der Waals surface area (Å²) in [5, 5.41) is 8.92. The average Bonchev–Trinajstić information content (AvgIpc) is 2.29. The summed E-state index contributed by atoms with van der Waals surface area (Å²) in [6.07, 6.45) is 3.83. The molecule has 1 N–H and O–H groups in total. The topological polar surface area (TPSA) is 43.8 Å². The van der Waals surface area contributed by atoms with E-state index in [2.05, 4.69) is 16.7 Å². The molecule has 1 heterocycles. The summed E-state index contributed by atoms with van der Waals surface area (Å²) in [6.45, 7) is 8.96. The largest absolute Gasteiger partial charge is 0.480 e. The van der Waals surface area contributed by atoms with Gasteiger partial charge in [-0.25, -0.2) is 0 Å². The highest BCUT2D eigenvalue weighted by atomic mass is 16.4. The van der Waals surface area contributed by atoms with Gasteiger partial charge in [-0.15, -0.1) is 0 Å². The minimum absolute atomic E-state index is 0.335. The Balaban J connectivity index is 2.20. The minimum atomic E-state index is -0.709. The van der Waals surface area contributed by atoms with Crippen LogP contribution in [-0.2, 0) is 4.79 Å². The van der Waals surface area contributed by atoms with Crippen molar-refractivity contribution in [2.75, 3.05) is 32.7 Å². The molecular formula is C12H24N2O2. The second kappa shape index (κ2) is 6.86. The Kier molecular flexibility index (Phi) is 5.77. The van der Waals surface area contributed by atoms with Crippen molar-refractivity contribution in [3.05, 3.63) is 0 Å². The molecule has 1 aliphatic rings. The first-order chi connectivity index (χ1) is 7.65. The Morgan fingerprint density at radius 3 is 2.38 bits per heavy atom. The maximum absolute atomic E-state index is 10.8. The molecular weight excluding hydrogens is 204 g/mol. The van der Waals surface area contributed by atoms with Crippen molar-refractivity contribution in [1.82, 2.24) is 9.80 Å². The molecule has 0 aromatic rings.